The lowest BCUT2D eigenvalue weighted by Crippen LogP contribution is -2.47. The van der Waals surface area contributed by atoms with Gasteiger partial charge in [-0.15, -0.1) is 0 Å². The van der Waals surface area contributed by atoms with Crippen LogP contribution < -0.4 is 10.0 Å². The Morgan fingerprint density at radius 3 is 2.44 bits per heavy atom. The highest BCUT2D eigenvalue weighted by Gasteiger charge is 2.28. The van der Waals surface area contributed by atoms with Crippen molar-refractivity contribution in [3.8, 4) is 0 Å². The van der Waals surface area contributed by atoms with Crippen molar-refractivity contribution < 1.29 is 32.6 Å². The van der Waals surface area contributed by atoms with E-state index in [-0.39, 0.29) is 17.9 Å². The van der Waals surface area contributed by atoms with Crippen LogP contribution in [0, 0.1) is 0 Å². The number of aryl methyl sites for hydroxylation is 1. The zero-order chi connectivity index (χ0) is 24.6. The first kappa shape index (κ1) is 26.1. The molecule has 2 atom stereocenters. The highest BCUT2D eigenvalue weighted by atomic mass is 35.5. The van der Waals surface area contributed by atoms with Crippen LogP contribution in [0.5, 0.6) is 0 Å². The molecule has 11 heteroatoms. The Labute approximate surface area is 203 Å². The molecule has 1 saturated heterocycles. The summed E-state index contributed by atoms with van der Waals surface area (Å²) < 4.78 is 39.3. The number of ether oxygens (including phenoxy) is 2. The molecule has 1 aliphatic rings. The monoisotopic (exact) mass is 510 g/mol. The van der Waals surface area contributed by atoms with Crippen molar-refractivity contribution in [1.82, 2.24) is 4.72 Å². The highest BCUT2D eigenvalue weighted by Crippen LogP contribution is 2.17. The van der Waals surface area contributed by atoms with E-state index in [9.17, 15) is 18.0 Å². The molecule has 0 saturated carbocycles. The maximum Gasteiger partial charge on any atom is 0.303 e. The van der Waals surface area contributed by atoms with Crippen molar-refractivity contribution in [2.75, 3.05) is 18.5 Å². The molecule has 1 fully saturated rings. The second kappa shape index (κ2) is 12.3. The minimum Gasteiger partial charge on any atom is -0.481 e. The van der Waals surface area contributed by atoms with E-state index in [1.54, 1.807) is 24.3 Å². The van der Waals surface area contributed by atoms with Gasteiger partial charge in [-0.2, -0.15) is 4.72 Å². The fraction of sp³-hybridized carbons (Fsp3) is 0.391. The Hall–Kier alpha value is -2.50. The Morgan fingerprint density at radius 2 is 1.82 bits per heavy atom. The second-order valence-electron chi connectivity index (χ2n) is 7.84. The number of carboxylic acid groups (broad SMARTS) is 1. The lowest BCUT2D eigenvalue weighted by molar-refractivity contribution is -0.166. The van der Waals surface area contributed by atoms with Gasteiger partial charge in [-0.1, -0.05) is 23.7 Å². The Kier molecular flexibility index (Phi) is 9.43. The summed E-state index contributed by atoms with van der Waals surface area (Å²) in [7, 11) is -4.03. The van der Waals surface area contributed by atoms with Crippen molar-refractivity contribution >= 4 is 39.2 Å². The number of rotatable bonds is 11. The van der Waals surface area contributed by atoms with Crippen LogP contribution in [0.15, 0.2) is 53.4 Å². The number of carbonyl (C=O) groups is 2. The summed E-state index contributed by atoms with van der Waals surface area (Å²) in [5.41, 5.74) is 1.24. The zero-order valence-corrected chi connectivity index (χ0v) is 20.0. The molecule has 0 aliphatic carbocycles. The number of anilines is 1. The third-order valence-corrected chi connectivity index (χ3v) is 6.91. The highest BCUT2D eigenvalue weighted by molar-refractivity contribution is 7.89. The van der Waals surface area contributed by atoms with Gasteiger partial charge in [0.2, 0.25) is 15.9 Å². The van der Waals surface area contributed by atoms with E-state index in [4.69, 9.17) is 26.2 Å². The maximum atomic E-state index is 13.0. The molecule has 1 heterocycles. The van der Waals surface area contributed by atoms with Crippen LogP contribution in [0.3, 0.4) is 0 Å². The second-order valence-corrected chi connectivity index (χ2v) is 9.99. The molecule has 0 bridgehead atoms. The summed E-state index contributed by atoms with van der Waals surface area (Å²) in [5.74, 6) is -1.50. The number of carboxylic acids is 1. The van der Waals surface area contributed by atoms with Crippen LogP contribution >= 0.6 is 11.6 Å². The normalized spacial score (nSPS) is 17.1. The van der Waals surface area contributed by atoms with Gasteiger partial charge in [0.25, 0.3) is 0 Å². The van der Waals surface area contributed by atoms with Gasteiger partial charge in [0.05, 0.1) is 11.5 Å². The molecule has 0 aromatic heterocycles. The van der Waals surface area contributed by atoms with Gasteiger partial charge in [0, 0.05) is 23.7 Å². The molecule has 3 rings (SSSR count). The van der Waals surface area contributed by atoms with Crippen LogP contribution in [-0.2, 0) is 35.5 Å². The molecule has 9 nitrogen and oxygen atoms in total. The first-order valence-corrected chi connectivity index (χ1v) is 12.7. The van der Waals surface area contributed by atoms with Crippen molar-refractivity contribution in [3.05, 3.63) is 59.1 Å². The average molecular weight is 511 g/mol. The van der Waals surface area contributed by atoms with Gasteiger partial charge < -0.3 is 19.9 Å². The summed E-state index contributed by atoms with van der Waals surface area (Å²) in [6, 6.07) is 11.0. The molecule has 1 unspecified atom stereocenters. The molecule has 2 aromatic rings. The van der Waals surface area contributed by atoms with Gasteiger partial charge >= 0.3 is 5.97 Å². The number of halogens is 1. The quantitative estimate of drug-likeness (QED) is 0.423. The molecule has 184 valence electrons. The first-order valence-electron chi connectivity index (χ1n) is 10.9. The summed E-state index contributed by atoms with van der Waals surface area (Å²) in [5, 5.41) is 11.9. The van der Waals surface area contributed by atoms with Crippen LogP contribution in [0.4, 0.5) is 5.69 Å². The lowest BCUT2D eigenvalue weighted by atomic mass is 10.1. The predicted molar refractivity (Wildman–Crippen MR) is 126 cm³/mol. The fourth-order valence-electron chi connectivity index (χ4n) is 3.31. The van der Waals surface area contributed by atoms with E-state index in [1.807, 2.05) is 0 Å². The number of carbonyl (C=O) groups excluding carboxylic acids is 1. The van der Waals surface area contributed by atoms with Gasteiger partial charge in [-0.25, -0.2) is 8.42 Å². The van der Waals surface area contributed by atoms with E-state index < -0.39 is 34.2 Å². The molecule has 34 heavy (non-hydrogen) atoms. The van der Waals surface area contributed by atoms with E-state index >= 15 is 0 Å². The van der Waals surface area contributed by atoms with Crippen LogP contribution in [0.25, 0.3) is 0 Å². The molecule has 1 aliphatic heterocycles. The topological polar surface area (TPSA) is 131 Å². The van der Waals surface area contributed by atoms with Gasteiger partial charge in [0.15, 0.2) is 6.29 Å². The standard InChI is InChI=1S/C23H27ClN2O7S/c24-17-7-11-19(12-8-17)34(30,31)26-20(15-33-22-3-1-2-14-32-22)23(29)25-18-9-4-16(5-10-18)6-13-21(27)28/h4-5,7-12,20,22,26H,1-3,6,13-15H2,(H,25,29)(H,27,28)/t20-,22?/m0/s1. The minimum atomic E-state index is -4.03. The SMILES string of the molecule is O=C(O)CCc1ccc(NC(=O)[C@H](COC2CCCCO2)NS(=O)(=O)c2ccc(Cl)cc2)cc1. The Morgan fingerprint density at radius 1 is 1.12 bits per heavy atom. The summed E-state index contributed by atoms with van der Waals surface area (Å²) in [4.78, 5) is 23.7. The largest absolute Gasteiger partial charge is 0.481 e. The van der Waals surface area contributed by atoms with Crippen molar-refractivity contribution in [2.24, 2.45) is 0 Å². The molecule has 0 radical (unpaired) electrons. The number of hydrogen-bond donors (Lipinski definition) is 3. The number of hydrogen-bond acceptors (Lipinski definition) is 6. The number of sulfonamides is 1. The number of benzene rings is 2. The van der Waals surface area contributed by atoms with Crippen LogP contribution in [-0.4, -0.2) is 50.9 Å². The number of aliphatic carboxylic acids is 1. The predicted octanol–water partition coefficient (Wildman–Crippen LogP) is 3.19. The van der Waals surface area contributed by atoms with E-state index in [2.05, 4.69) is 10.0 Å². The van der Waals surface area contributed by atoms with Crippen LogP contribution in [0.2, 0.25) is 5.02 Å². The number of nitrogens with one attached hydrogen (secondary N) is 2. The molecule has 1 amide bonds. The summed E-state index contributed by atoms with van der Waals surface area (Å²) >= 11 is 5.85. The molecular weight excluding hydrogens is 484 g/mol. The lowest BCUT2D eigenvalue weighted by Gasteiger charge is -2.25. The van der Waals surface area contributed by atoms with Crippen LogP contribution in [0.1, 0.15) is 31.2 Å². The minimum absolute atomic E-state index is 0.000827. The zero-order valence-electron chi connectivity index (χ0n) is 18.4. The first-order chi connectivity index (χ1) is 16.2. The van der Waals surface area contributed by atoms with Crippen molar-refractivity contribution in [1.29, 1.82) is 0 Å². The molecule has 0 spiro atoms. The molecule has 3 N–H and O–H groups in total. The fourth-order valence-corrected chi connectivity index (χ4v) is 4.62. The van der Waals surface area contributed by atoms with E-state index in [0.29, 0.717) is 30.2 Å². The van der Waals surface area contributed by atoms with Gasteiger partial charge in [-0.05, 0) is 67.6 Å². The van der Waals surface area contributed by atoms with E-state index in [1.165, 1.54) is 24.3 Å². The van der Waals surface area contributed by atoms with Crippen molar-refractivity contribution in [3.63, 3.8) is 0 Å². The maximum absolute atomic E-state index is 13.0. The third kappa shape index (κ3) is 8.07. The smallest absolute Gasteiger partial charge is 0.303 e. The molecule has 2 aromatic carbocycles. The molecular formula is C23H27ClN2O7S. The Balaban J connectivity index is 1.70. The van der Waals surface area contributed by atoms with E-state index in [0.717, 1.165) is 18.4 Å². The summed E-state index contributed by atoms with van der Waals surface area (Å²) in [6.45, 7) is 0.326. The van der Waals surface area contributed by atoms with Gasteiger partial charge in [-0.3, -0.25) is 9.59 Å². The van der Waals surface area contributed by atoms with Crippen molar-refractivity contribution in [2.45, 2.75) is 49.3 Å². The summed E-state index contributed by atoms with van der Waals surface area (Å²) in [6.07, 6.45) is 2.37. The third-order valence-electron chi connectivity index (χ3n) is 5.17. The number of amides is 1. The Bertz CT molecular complexity index is 1070. The van der Waals surface area contributed by atoms with Gasteiger partial charge in [0.1, 0.15) is 6.04 Å². The average Bonchev–Trinajstić information content (AvgIpc) is 2.82.